The molecule has 1 aromatic heterocycles. The quantitative estimate of drug-likeness (QED) is 0.307. The second kappa shape index (κ2) is 12.6. The first-order chi connectivity index (χ1) is 19.5. The van der Waals surface area contributed by atoms with E-state index in [1.807, 2.05) is 42.5 Å². The minimum absolute atomic E-state index is 0.00334. The van der Waals surface area contributed by atoms with Gasteiger partial charge in [-0.05, 0) is 54.3 Å². The lowest BCUT2D eigenvalue weighted by molar-refractivity contribution is -0.120. The van der Waals surface area contributed by atoms with Crippen molar-refractivity contribution in [1.29, 1.82) is 5.26 Å². The number of aromatic nitrogens is 1. The Morgan fingerprint density at radius 2 is 1.80 bits per heavy atom. The molecule has 2 atom stereocenters. The summed E-state index contributed by atoms with van der Waals surface area (Å²) in [6, 6.07) is 20.8. The van der Waals surface area contributed by atoms with Crippen molar-refractivity contribution in [2.75, 3.05) is 42.7 Å². The van der Waals surface area contributed by atoms with Gasteiger partial charge < -0.3 is 21.1 Å². The van der Waals surface area contributed by atoms with E-state index < -0.39 is 0 Å². The molecule has 0 spiro atoms. The number of anilines is 3. The molecule has 9 nitrogen and oxygen atoms in total. The Bertz CT molecular complexity index is 1410. The maximum atomic E-state index is 13.5. The molecular weight excluding hydrogens is 504 g/mol. The number of nitrogen functional groups attached to an aromatic ring is 1. The molecular formula is C31H32N6O3. The summed E-state index contributed by atoms with van der Waals surface area (Å²) in [5.74, 6) is -0.175. The lowest BCUT2D eigenvalue weighted by Crippen LogP contribution is -2.38. The van der Waals surface area contributed by atoms with E-state index in [-0.39, 0.29) is 23.7 Å². The number of carbonyl (C=O) groups excluding carboxylic acids is 2. The van der Waals surface area contributed by atoms with E-state index >= 15 is 0 Å². The van der Waals surface area contributed by atoms with Crippen LogP contribution in [0.4, 0.5) is 17.2 Å². The highest BCUT2D eigenvalue weighted by molar-refractivity contribution is 6.03. The van der Waals surface area contributed by atoms with E-state index in [0.717, 1.165) is 43.7 Å². The molecule has 2 aliphatic rings. The van der Waals surface area contributed by atoms with Gasteiger partial charge in [-0.1, -0.05) is 36.4 Å². The van der Waals surface area contributed by atoms with Gasteiger partial charge in [-0.15, -0.1) is 0 Å². The maximum absolute atomic E-state index is 13.5. The number of nitrogens with two attached hydrogens (primary N) is 1. The molecule has 2 aromatic carbocycles. The van der Waals surface area contributed by atoms with E-state index in [1.165, 1.54) is 12.3 Å². The molecule has 3 heterocycles. The number of hydrogen-bond acceptors (Lipinski definition) is 7. The lowest BCUT2D eigenvalue weighted by atomic mass is 9.88. The number of para-hydroxylation sites is 2. The summed E-state index contributed by atoms with van der Waals surface area (Å²) in [7, 11) is 0. The van der Waals surface area contributed by atoms with Crippen molar-refractivity contribution in [2.45, 2.75) is 24.8 Å². The van der Waals surface area contributed by atoms with Crippen LogP contribution in [0.1, 0.15) is 35.4 Å². The van der Waals surface area contributed by atoms with Gasteiger partial charge in [0.25, 0.3) is 0 Å². The number of nitriles is 1. The fourth-order valence-electron chi connectivity index (χ4n) is 5.35. The third kappa shape index (κ3) is 6.54. The molecule has 0 bridgehead atoms. The molecule has 2 fully saturated rings. The first kappa shape index (κ1) is 27.1. The van der Waals surface area contributed by atoms with Gasteiger partial charge in [0, 0.05) is 50.5 Å². The van der Waals surface area contributed by atoms with E-state index in [1.54, 1.807) is 30.3 Å². The average Bonchev–Trinajstić information content (AvgIpc) is 3.44. The van der Waals surface area contributed by atoms with Gasteiger partial charge in [0.2, 0.25) is 11.8 Å². The molecule has 2 unspecified atom stereocenters. The van der Waals surface area contributed by atoms with Gasteiger partial charge in [0.15, 0.2) is 0 Å². The third-order valence-corrected chi connectivity index (χ3v) is 7.55. The number of ether oxygens (including phenoxy) is 1. The highest BCUT2D eigenvalue weighted by Gasteiger charge is 2.41. The molecule has 5 rings (SSSR count). The number of rotatable bonds is 7. The van der Waals surface area contributed by atoms with Crippen molar-refractivity contribution in [3.8, 4) is 6.07 Å². The first-order valence-electron chi connectivity index (χ1n) is 13.4. The summed E-state index contributed by atoms with van der Waals surface area (Å²) in [6.45, 7) is 2.91. The number of likely N-dealkylation sites (tertiary alicyclic amines) is 1. The van der Waals surface area contributed by atoms with E-state index in [0.29, 0.717) is 35.3 Å². The van der Waals surface area contributed by atoms with Gasteiger partial charge >= 0.3 is 0 Å². The van der Waals surface area contributed by atoms with Crippen LogP contribution in [0.25, 0.3) is 6.08 Å². The number of benzene rings is 2. The molecule has 3 aromatic rings. The zero-order chi connectivity index (χ0) is 27.9. The Hall–Kier alpha value is -4.52. The lowest BCUT2D eigenvalue weighted by Gasteiger charge is -2.31. The average molecular weight is 537 g/mol. The molecule has 4 N–H and O–H groups in total. The molecule has 0 aliphatic carbocycles. The van der Waals surface area contributed by atoms with Crippen molar-refractivity contribution in [2.24, 2.45) is 5.92 Å². The Labute approximate surface area is 233 Å². The highest BCUT2D eigenvalue weighted by Crippen LogP contribution is 2.36. The number of amides is 2. The SMILES string of the molecule is N#Cc1ccc(NC(=O)C2CN(C3CCOCC3)CC2c2ccc(/C=C/C(=O)Nc3ccccc3N)cc2)nc1. The largest absolute Gasteiger partial charge is 0.397 e. The van der Waals surface area contributed by atoms with E-state index in [4.69, 9.17) is 15.7 Å². The monoisotopic (exact) mass is 536 g/mol. The predicted octanol–water partition coefficient (Wildman–Crippen LogP) is 4.02. The number of hydrogen-bond donors (Lipinski definition) is 3. The smallest absolute Gasteiger partial charge is 0.248 e. The summed E-state index contributed by atoms with van der Waals surface area (Å²) in [6.07, 6.45) is 6.60. The summed E-state index contributed by atoms with van der Waals surface area (Å²) >= 11 is 0. The maximum Gasteiger partial charge on any atom is 0.248 e. The van der Waals surface area contributed by atoms with Gasteiger partial charge in [0.05, 0.1) is 22.9 Å². The fraction of sp³-hybridized carbons (Fsp3) is 0.290. The zero-order valence-corrected chi connectivity index (χ0v) is 22.1. The predicted molar refractivity (Wildman–Crippen MR) is 154 cm³/mol. The van der Waals surface area contributed by atoms with Crippen molar-refractivity contribution < 1.29 is 14.3 Å². The van der Waals surface area contributed by atoms with Crippen LogP contribution in [0.15, 0.2) is 72.9 Å². The van der Waals surface area contributed by atoms with Crippen LogP contribution in [0.3, 0.4) is 0 Å². The van der Waals surface area contributed by atoms with Crippen molar-refractivity contribution in [3.63, 3.8) is 0 Å². The standard InChI is InChI=1S/C31H32N6O3/c32-17-22-7-11-29(34-18-22)36-31(39)26-20-37(24-13-15-40-16-14-24)19-25(26)23-9-5-21(6-10-23)8-12-30(38)35-28-4-2-1-3-27(28)33/h1-12,18,24-26H,13-16,19-20,33H2,(H,35,38)(H,34,36,39)/b12-8+. The number of nitrogens with zero attached hydrogens (tertiary/aromatic N) is 3. The van der Waals surface area contributed by atoms with Crippen LogP contribution in [-0.2, 0) is 14.3 Å². The van der Waals surface area contributed by atoms with Gasteiger partial charge in [-0.25, -0.2) is 4.98 Å². The number of nitrogens with one attached hydrogen (secondary N) is 2. The summed E-state index contributed by atoms with van der Waals surface area (Å²) in [5.41, 5.74) is 9.38. The third-order valence-electron chi connectivity index (χ3n) is 7.55. The van der Waals surface area contributed by atoms with Crippen LogP contribution >= 0.6 is 0 Å². The highest BCUT2D eigenvalue weighted by atomic mass is 16.5. The van der Waals surface area contributed by atoms with Crippen LogP contribution in [0.5, 0.6) is 0 Å². The van der Waals surface area contributed by atoms with E-state index in [2.05, 4.69) is 20.5 Å². The molecule has 204 valence electrons. The fourth-order valence-corrected chi connectivity index (χ4v) is 5.35. The molecule has 2 aliphatic heterocycles. The van der Waals surface area contributed by atoms with Crippen LogP contribution in [0, 0.1) is 17.2 Å². The Morgan fingerprint density at radius 3 is 2.50 bits per heavy atom. The van der Waals surface area contributed by atoms with Gasteiger partial charge in [-0.2, -0.15) is 5.26 Å². The molecule has 2 saturated heterocycles. The molecule has 2 amide bonds. The summed E-state index contributed by atoms with van der Waals surface area (Å²) in [5, 5.41) is 14.8. The molecule has 9 heteroatoms. The zero-order valence-electron chi connectivity index (χ0n) is 22.1. The van der Waals surface area contributed by atoms with Gasteiger partial charge in [0.1, 0.15) is 11.9 Å². The number of carbonyl (C=O) groups is 2. The summed E-state index contributed by atoms with van der Waals surface area (Å²) in [4.78, 5) is 32.5. The summed E-state index contributed by atoms with van der Waals surface area (Å²) < 4.78 is 5.56. The van der Waals surface area contributed by atoms with E-state index in [9.17, 15) is 9.59 Å². The Morgan fingerprint density at radius 1 is 1.02 bits per heavy atom. The normalized spacial score (nSPS) is 19.8. The van der Waals surface area contributed by atoms with Crippen LogP contribution in [-0.4, -0.2) is 54.0 Å². The minimum atomic E-state index is -0.266. The Balaban J connectivity index is 1.29. The topological polar surface area (TPSA) is 133 Å². The molecule has 0 saturated carbocycles. The Kier molecular flexibility index (Phi) is 8.50. The van der Waals surface area contributed by atoms with Crippen LogP contribution in [0.2, 0.25) is 0 Å². The molecule has 0 radical (unpaired) electrons. The second-order valence-electron chi connectivity index (χ2n) is 10.1. The van der Waals surface area contributed by atoms with Crippen molar-refractivity contribution in [3.05, 3.63) is 89.6 Å². The van der Waals surface area contributed by atoms with Crippen molar-refractivity contribution >= 4 is 35.1 Å². The van der Waals surface area contributed by atoms with Gasteiger partial charge in [-0.3, -0.25) is 14.5 Å². The minimum Gasteiger partial charge on any atom is -0.397 e. The molecule has 40 heavy (non-hydrogen) atoms. The van der Waals surface area contributed by atoms with Crippen LogP contribution < -0.4 is 16.4 Å². The van der Waals surface area contributed by atoms with Crippen molar-refractivity contribution in [1.82, 2.24) is 9.88 Å². The second-order valence-corrected chi connectivity index (χ2v) is 10.1. The first-order valence-corrected chi connectivity index (χ1v) is 13.4. The number of pyridine rings is 1.